The minimum Gasteiger partial charge on any atom is -0.361 e. The average molecular weight is 296 g/mol. The summed E-state index contributed by atoms with van der Waals surface area (Å²) in [6.07, 6.45) is 4.74. The molecule has 0 saturated carbocycles. The first-order valence-corrected chi connectivity index (χ1v) is 6.56. The summed E-state index contributed by atoms with van der Waals surface area (Å²) in [7, 11) is 0. The molecule has 3 rings (SSSR count). The van der Waals surface area contributed by atoms with Crippen LogP contribution in [0.25, 0.3) is 22.4 Å². The standard InChI is InChI=1S/C15H12N4O3/c1-9-14(10(2)22-18-9)12-7-13(19(20)21)15(17-8-12)11-3-5-16-6-4-11/h3-8H,1-2H3. The van der Waals surface area contributed by atoms with Gasteiger partial charge in [0.1, 0.15) is 11.5 Å². The highest BCUT2D eigenvalue weighted by Gasteiger charge is 2.21. The summed E-state index contributed by atoms with van der Waals surface area (Å²) >= 11 is 0. The van der Waals surface area contributed by atoms with Gasteiger partial charge in [-0.15, -0.1) is 0 Å². The van der Waals surface area contributed by atoms with Crippen molar-refractivity contribution in [3.63, 3.8) is 0 Å². The van der Waals surface area contributed by atoms with Crippen molar-refractivity contribution < 1.29 is 9.45 Å². The number of aryl methyl sites for hydroxylation is 2. The number of hydrogen-bond donors (Lipinski definition) is 0. The maximum Gasteiger partial charge on any atom is 0.296 e. The molecule has 0 N–H and O–H groups in total. The van der Waals surface area contributed by atoms with E-state index in [4.69, 9.17) is 4.52 Å². The van der Waals surface area contributed by atoms with Gasteiger partial charge in [-0.05, 0) is 26.0 Å². The molecule has 0 bridgehead atoms. The Balaban J connectivity index is 2.19. The maximum absolute atomic E-state index is 11.4. The first-order valence-electron chi connectivity index (χ1n) is 6.56. The molecule has 3 aromatic rings. The molecule has 0 radical (unpaired) electrons. The number of nitro groups is 1. The predicted molar refractivity (Wildman–Crippen MR) is 79.1 cm³/mol. The lowest BCUT2D eigenvalue weighted by Crippen LogP contribution is -1.96. The number of pyridine rings is 2. The lowest BCUT2D eigenvalue weighted by Gasteiger charge is -2.05. The molecule has 0 atom stereocenters. The topological polar surface area (TPSA) is 95.0 Å². The molecule has 0 spiro atoms. The normalized spacial score (nSPS) is 10.6. The summed E-state index contributed by atoms with van der Waals surface area (Å²) in [5.74, 6) is 0.602. The summed E-state index contributed by atoms with van der Waals surface area (Å²) in [5, 5.41) is 15.3. The summed E-state index contributed by atoms with van der Waals surface area (Å²) in [6.45, 7) is 3.55. The van der Waals surface area contributed by atoms with E-state index in [1.165, 1.54) is 6.07 Å². The Hall–Kier alpha value is -3.09. The SMILES string of the molecule is Cc1noc(C)c1-c1cnc(-c2ccncc2)c([N+](=O)[O-])c1. The summed E-state index contributed by atoms with van der Waals surface area (Å²) in [6, 6.07) is 4.87. The molecular weight excluding hydrogens is 284 g/mol. The van der Waals surface area contributed by atoms with Crippen molar-refractivity contribution in [2.45, 2.75) is 13.8 Å². The van der Waals surface area contributed by atoms with Gasteiger partial charge in [0.2, 0.25) is 0 Å². The number of hydrogen-bond acceptors (Lipinski definition) is 6. The minimum atomic E-state index is -0.440. The predicted octanol–water partition coefficient (Wildman–Crippen LogP) is 3.32. The Morgan fingerprint density at radius 1 is 1.18 bits per heavy atom. The van der Waals surface area contributed by atoms with Crippen molar-refractivity contribution in [3.8, 4) is 22.4 Å². The van der Waals surface area contributed by atoms with Crippen LogP contribution in [0.3, 0.4) is 0 Å². The Morgan fingerprint density at radius 3 is 2.50 bits per heavy atom. The van der Waals surface area contributed by atoms with Gasteiger partial charge in [-0.25, -0.2) is 4.98 Å². The third-order valence-corrected chi connectivity index (χ3v) is 3.34. The van der Waals surface area contributed by atoms with Gasteiger partial charge in [0, 0.05) is 41.3 Å². The maximum atomic E-state index is 11.4. The fourth-order valence-electron chi connectivity index (χ4n) is 2.36. The second-order valence-corrected chi connectivity index (χ2v) is 4.78. The van der Waals surface area contributed by atoms with E-state index < -0.39 is 4.92 Å². The first kappa shape index (κ1) is 13.9. The summed E-state index contributed by atoms with van der Waals surface area (Å²) < 4.78 is 5.11. The van der Waals surface area contributed by atoms with Crippen LogP contribution in [0.2, 0.25) is 0 Å². The van der Waals surface area contributed by atoms with E-state index in [0.29, 0.717) is 28.3 Å². The van der Waals surface area contributed by atoms with Crippen molar-refractivity contribution in [1.82, 2.24) is 15.1 Å². The van der Waals surface area contributed by atoms with Gasteiger partial charge in [0.15, 0.2) is 0 Å². The van der Waals surface area contributed by atoms with Crippen LogP contribution in [0, 0.1) is 24.0 Å². The van der Waals surface area contributed by atoms with Crippen molar-refractivity contribution in [2.24, 2.45) is 0 Å². The van der Waals surface area contributed by atoms with Gasteiger partial charge in [-0.2, -0.15) is 0 Å². The Kier molecular flexibility index (Phi) is 3.38. The molecule has 0 aliphatic heterocycles. The average Bonchev–Trinajstić information content (AvgIpc) is 2.86. The molecule has 0 aromatic carbocycles. The zero-order valence-corrected chi connectivity index (χ0v) is 12.0. The van der Waals surface area contributed by atoms with Crippen molar-refractivity contribution in [2.75, 3.05) is 0 Å². The van der Waals surface area contributed by atoms with Gasteiger partial charge in [0.05, 0.1) is 10.6 Å². The fraction of sp³-hybridized carbons (Fsp3) is 0.133. The summed E-state index contributed by atoms with van der Waals surface area (Å²) in [5.41, 5.74) is 2.90. The number of aromatic nitrogens is 3. The van der Waals surface area contributed by atoms with E-state index in [-0.39, 0.29) is 5.69 Å². The smallest absolute Gasteiger partial charge is 0.296 e. The second-order valence-electron chi connectivity index (χ2n) is 4.78. The molecule has 110 valence electrons. The molecule has 7 heteroatoms. The van der Waals surface area contributed by atoms with E-state index in [1.807, 2.05) is 0 Å². The summed E-state index contributed by atoms with van der Waals surface area (Å²) in [4.78, 5) is 19.1. The van der Waals surface area contributed by atoms with E-state index >= 15 is 0 Å². The lowest BCUT2D eigenvalue weighted by atomic mass is 10.0. The second kappa shape index (κ2) is 5.36. The number of nitrogens with zero attached hydrogens (tertiary/aromatic N) is 4. The molecule has 0 unspecified atom stereocenters. The Labute approximate surface area is 125 Å². The van der Waals surface area contributed by atoms with Crippen LogP contribution in [-0.2, 0) is 0 Å². The minimum absolute atomic E-state index is 0.0660. The quantitative estimate of drug-likeness (QED) is 0.543. The van der Waals surface area contributed by atoms with Crippen LogP contribution in [0.4, 0.5) is 5.69 Å². The van der Waals surface area contributed by atoms with Crippen LogP contribution in [0.5, 0.6) is 0 Å². The van der Waals surface area contributed by atoms with E-state index in [9.17, 15) is 10.1 Å². The molecule has 0 amide bonds. The van der Waals surface area contributed by atoms with Gasteiger partial charge in [0.25, 0.3) is 5.69 Å². The number of rotatable bonds is 3. The zero-order chi connectivity index (χ0) is 15.7. The Morgan fingerprint density at radius 2 is 1.91 bits per heavy atom. The molecule has 7 nitrogen and oxygen atoms in total. The Bertz CT molecular complexity index is 824. The molecule has 3 heterocycles. The van der Waals surface area contributed by atoms with Crippen molar-refractivity contribution in [3.05, 3.63) is 58.4 Å². The van der Waals surface area contributed by atoms with E-state index in [0.717, 1.165) is 5.56 Å². The van der Waals surface area contributed by atoms with Crippen molar-refractivity contribution in [1.29, 1.82) is 0 Å². The molecule has 0 fully saturated rings. The molecular formula is C15H12N4O3. The monoisotopic (exact) mass is 296 g/mol. The van der Waals surface area contributed by atoms with Crippen LogP contribution in [0.1, 0.15) is 11.5 Å². The molecule has 0 aliphatic carbocycles. The highest BCUT2D eigenvalue weighted by Crippen LogP contribution is 2.33. The molecule has 0 saturated heterocycles. The zero-order valence-electron chi connectivity index (χ0n) is 12.0. The van der Waals surface area contributed by atoms with Gasteiger partial charge in [-0.3, -0.25) is 15.1 Å². The van der Waals surface area contributed by atoms with Gasteiger partial charge >= 0.3 is 0 Å². The third-order valence-electron chi connectivity index (χ3n) is 3.34. The highest BCUT2D eigenvalue weighted by molar-refractivity contribution is 5.76. The van der Waals surface area contributed by atoms with Crippen LogP contribution in [0.15, 0.2) is 41.3 Å². The molecule has 22 heavy (non-hydrogen) atoms. The highest BCUT2D eigenvalue weighted by atomic mass is 16.6. The van der Waals surface area contributed by atoms with Crippen LogP contribution >= 0.6 is 0 Å². The third kappa shape index (κ3) is 2.32. The largest absolute Gasteiger partial charge is 0.361 e. The molecule has 0 aliphatic rings. The molecule has 3 aromatic heterocycles. The van der Waals surface area contributed by atoms with Gasteiger partial charge < -0.3 is 4.52 Å². The van der Waals surface area contributed by atoms with E-state index in [1.54, 1.807) is 44.6 Å². The fourth-order valence-corrected chi connectivity index (χ4v) is 2.36. The van der Waals surface area contributed by atoms with Gasteiger partial charge in [-0.1, -0.05) is 5.16 Å². The van der Waals surface area contributed by atoms with Crippen LogP contribution in [-0.4, -0.2) is 20.0 Å². The van der Waals surface area contributed by atoms with Crippen LogP contribution < -0.4 is 0 Å². The van der Waals surface area contributed by atoms with E-state index in [2.05, 4.69) is 15.1 Å². The first-order chi connectivity index (χ1) is 10.6. The van der Waals surface area contributed by atoms with Crippen molar-refractivity contribution >= 4 is 5.69 Å². The lowest BCUT2D eigenvalue weighted by molar-refractivity contribution is -0.384.